The minimum absolute atomic E-state index is 0.137. The highest BCUT2D eigenvalue weighted by Crippen LogP contribution is 2.19. The first-order valence-electron chi connectivity index (χ1n) is 5.74. The van der Waals surface area contributed by atoms with E-state index in [9.17, 15) is 8.42 Å². The fraction of sp³-hybridized carbons (Fsp3) is 0.250. The lowest BCUT2D eigenvalue weighted by atomic mass is 10.2. The fourth-order valence-electron chi connectivity index (χ4n) is 1.78. The van der Waals surface area contributed by atoms with E-state index in [0.29, 0.717) is 17.8 Å². The van der Waals surface area contributed by atoms with Crippen LogP contribution in [0.15, 0.2) is 29.3 Å². The normalized spacial score (nSPS) is 11.5. The second-order valence-corrected chi connectivity index (χ2v) is 5.90. The Kier molecular flexibility index (Phi) is 3.59. The monoisotopic (exact) mass is 280 g/mol. The Labute approximate surface area is 112 Å². The van der Waals surface area contributed by atoms with Crippen molar-refractivity contribution in [1.82, 2.24) is 9.97 Å². The predicted molar refractivity (Wildman–Crippen MR) is 73.2 cm³/mol. The van der Waals surface area contributed by atoms with Gasteiger partial charge in [0.2, 0.25) is 10.0 Å². The first-order chi connectivity index (χ1) is 8.86. The first-order valence-corrected chi connectivity index (χ1v) is 7.29. The minimum atomic E-state index is -3.69. The third-order valence-electron chi connectivity index (χ3n) is 2.73. The number of H-pyrrole nitrogens is 1. The molecule has 0 unspecified atom stereocenters. The van der Waals surface area contributed by atoms with Crippen LogP contribution in [0.2, 0.25) is 0 Å². The predicted octanol–water partition coefficient (Wildman–Crippen LogP) is 1.29. The molecule has 0 amide bonds. The Hall–Kier alpha value is -1.86. The van der Waals surface area contributed by atoms with Crippen LogP contribution in [0.1, 0.15) is 17.1 Å². The summed E-state index contributed by atoms with van der Waals surface area (Å²) in [6, 6.07) is 5.07. The molecule has 0 atom stereocenters. The highest BCUT2D eigenvalue weighted by molar-refractivity contribution is 7.89. The minimum Gasteiger partial charge on any atom is -0.379 e. The molecule has 1 aromatic heterocycles. The Morgan fingerprint density at radius 3 is 2.68 bits per heavy atom. The summed E-state index contributed by atoms with van der Waals surface area (Å²) in [6.45, 7) is 4.12. The quantitative estimate of drug-likeness (QED) is 0.785. The van der Waals surface area contributed by atoms with Gasteiger partial charge in [0.25, 0.3) is 0 Å². The largest absolute Gasteiger partial charge is 0.379 e. The third-order valence-corrected chi connectivity index (χ3v) is 3.79. The van der Waals surface area contributed by atoms with Gasteiger partial charge in [-0.3, -0.25) is 0 Å². The summed E-state index contributed by atoms with van der Waals surface area (Å²) in [4.78, 5) is 7.31. The van der Waals surface area contributed by atoms with E-state index in [0.717, 1.165) is 11.5 Å². The molecule has 7 heteroatoms. The molecule has 1 aromatic carbocycles. The number of rotatable bonds is 4. The lowest BCUT2D eigenvalue weighted by Crippen LogP contribution is -2.14. The summed E-state index contributed by atoms with van der Waals surface area (Å²) in [5.41, 5.74) is 2.25. The van der Waals surface area contributed by atoms with Crippen LogP contribution in [0.3, 0.4) is 0 Å². The van der Waals surface area contributed by atoms with Gasteiger partial charge in [0.1, 0.15) is 5.82 Å². The lowest BCUT2D eigenvalue weighted by Gasteiger charge is -2.09. The van der Waals surface area contributed by atoms with E-state index in [2.05, 4.69) is 15.3 Å². The fourth-order valence-corrected chi connectivity index (χ4v) is 2.58. The molecule has 102 valence electrons. The number of imidazole rings is 1. The zero-order valence-corrected chi connectivity index (χ0v) is 11.6. The van der Waals surface area contributed by atoms with Crippen molar-refractivity contribution in [2.24, 2.45) is 5.14 Å². The number of primary sulfonamides is 1. The molecule has 0 bridgehead atoms. The molecule has 0 saturated carbocycles. The topological polar surface area (TPSA) is 101 Å². The number of hydrogen-bond acceptors (Lipinski definition) is 4. The van der Waals surface area contributed by atoms with Gasteiger partial charge in [-0.25, -0.2) is 18.5 Å². The molecule has 0 radical (unpaired) electrons. The number of sulfonamides is 1. The molecule has 6 nitrogen and oxygen atoms in total. The van der Waals surface area contributed by atoms with Gasteiger partial charge in [-0.1, -0.05) is 6.07 Å². The van der Waals surface area contributed by atoms with Crippen LogP contribution >= 0.6 is 0 Å². The molecule has 0 saturated heterocycles. The molecular weight excluding hydrogens is 264 g/mol. The maximum atomic E-state index is 11.4. The van der Waals surface area contributed by atoms with Crippen molar-refractivity contribution < 1.29 is 8.42 Å². The second-order valence-electron chi connectivity index (χ2n) is 4.37. The van der Waals surface area contributed by atoms with Crippen molar-refractivity contribution in [3.63, 3.8) is 0 Å². The zero-order chi connectivity index (χ0) is 14.0. The van der Waals surface area contributed by atoms with Crippen LogP contribution in [0.5, 0.6) is 0 Å². The molecule has 0 aliphatic rings. The maximum Gasteiger partial charge on any atom is 0.238 e. The highest BCUT2D eigenvalue weighted by Gasteiger charge is 2.12. The second kappa shape index (κ2) is 5.02. The van der Waals surface area contributed by atoms with E-state index < -0.39 is 10.0 Å². The SMILES string of the molecule is Cc1ncc(CNc2ccc(C)c(S(N)(=O)=O)c2)[nH]1. The molecular formula is C12H16N4O2S. The molecule has 4 N–H and O–H groups in total. The van der Waals surface area contributed by atoms with E-state index in [4.69, 9.17) is 5.14 Å². The number of hydrogen-bond donors (Lipinski definition) is 3. The Morgan fingerprint density at radius 1 is 1.37 bits per heavy atom. The number of nitrogens with zero attached hydrogens (tertiary/aromatic N) is 1. The first kappa shape index (κ1) is 13.6. The summed E-state index contributed by atoms with van der Waals surface area (Å²) in [5.74, 6) is 0.839. The Bertz CT molecular complexity index is 692. The average molecular weight is 280 g/mol. The van der Waals surface area contributed by atoms with Crippen molar-refractivity contribution in [2.45, 2.75) is 25.3 Å². The molecule has 2 rings (SSSR count). The van der Waals surface area contributed by atoms with Crippen LogP contribution in [-0.4, -0.2) is 18.4 Å². The molecule has 0 aliphatic carbocycles. The summed E-state index contributed by atoms with van der Waals surface area (Å²) in [5, 5.41) is 8.29. The number of anilines is 1. The van der Waals surface area contributed by atoms with E-state index in [1.165, 1.54) is 6.07 Å². The van der Waals surface area contributed by atoms with Crippen molar-refractivity contribution in [2.75, 3.05) is 5.32 Å². The summed E-state index contributed by atoms with van der Waals surface area (Å²) in [6.07, 6.45) is 1.73. The molecule has 2 aromatic rings. The smallest absolute Gasteiger partial charge is 0.238 e. The van der Waals surface area contributed by atoms with Gasteiger partial charge in [-0.2, -0.15) is 0 Å². The van der Waals surface area contributed by atoms with Gasteiger partial charge < -0.3 is 10.3 Å². The highest BCUT2D eigenvalue weighted by atomic mass is 32.2. The third kappa shape index (κ3) is 3.33. The number of nitrogens with one attached hydrogen (secondary N) is 2. The lowest BCUT2D eigenvalue weighted by molar-refractivity contribution is 0.597. The summed E-state index contributed by atoms with van der Waals surface area (Å²) < 4.78 is 22.8. The van der Waals surface area contributed by atoms with Gasteiger partial charge in [-0.15, -0.1) is 0 Å². The Morgan fingerprint density at radius 2 is 2.11 bits per heavy atom. The van der Waals surface area contributed by atoms with Crippen molar-refractivity contribution >= 4 is 15.7 Å². The van der Waals surface area contributed by atoms with Crippen LogP contribution < -0.4 is 10.5 Å². The molecule has 0 aliphatic heterocycles. The maximum absolute atomic E-state index is 11.4. The molecule has 1 heterocycles. The van der Waals surface area contributed by atoms with Gasteiger partial charge in [-0.05, 0) is 31.5 Å². The van der Waals surface area contributed by atoms with Gasteiger partial charge in [0.05, 0.1) is 23.3 Å². The number of aryl methyl sites for hydroxylation is 2. The molecule has 0 fully saturated rings. The Balaban J connectivity index is 2.18. The summed E-state index contributed by atoms with van der Waals surface area (Å²) in [7, 11) is -3.69. The van der Waals surface area contributed by atoms with Crippen molar-refractivity contribution in [1.29, 1.82) is 0 Å². The van der Waals surface area contributed by atoms with Crippen molar-refractivity contribution in [3.8, 4) is 0 Å². The number of benzene rings is 1. The van der Waals surface area contributed by atoms with Gasteiger partial charge in [0.15, 0.2) is 0 Å². The standard InChI is InChI=1S/C12H16N4O2S/c1-8-3-4-10(5-12(8)19(13,17)18)15-7-11-6-14-9(2)16-11/h3-6,15H,7H2,1-2H3,(H,14,16)(H2,13,17,18). The van der Waals surface area contributed by atoms with E-state index in [1.54, 1.807) is 19.2 Å². The van der Waals surface area contributed by atoms with E-state index in [1.807, 2.05) is 13.0 Å². The van der Waals surface area contributed by atoms with Gasteiger partial charge >= 0.3 is 0 Å². The zero-order valence-electron chi connectivity index (χ0n) is 10.8. The average Bonchev–Trinajstić information content (AvgIpc) is 2.72. The van der Waals surface area contributed by atoms with Crippen LogP contribution in [0, 0.1) is 13.8 Å². The van der Waals surface area contributed by atoms with Gasteiger partial charge in [0, 0.05) is 5.69 Å². The van der Waals surface area contributed by atoms with E-state index >= 15 is 0 Å². The molecule has 19 heavy (non-hydrogen) atoms. The number of aromatic nitrogens is 2. The van der Waals surface area contributed by atoms with E-state index in [-0.39, 0.29) is 4.90 Å². The number of aromatic amines is 1. The number of nitrogens with two attached hydrogens (primary N) is 1. The van der Waals surface area contributed by atoms with Crippen LogP contribution in [-0.2, 0) is 16.6 Å². The van der Waals surface area contributed by atoms with Crippen molar-refractivity contribution in [3.05, 3.63) is 41.5 Å². The summed E-state index contributed by atoms with van der Waals surface area (Å²) >= 11 is 0. The van der Waals surface area contributed by atoms with Crippen LogP contribution in [0.4, 0.5) is 5.69 Å². The van der Waals surface area contributed by atoms with Crippen LogP contribution in [0.25, 0.3) is 0 Å². The molecule has 0 spiro atoms.